The number of hydrogen-bond donors (Lipinski definition) is 2. The van der Waals surface area contributed by atoms with Crippen molar-refractivity contribution in [2.75, 3.05) is 20.2 Å². The van der Waals surface area contributed by atoms with E-state index in [9.17, 15) is 0 Å². The van der Waals surface area contributed by atoms with Crippen molar-refractivity contribution >= 4 is 0 Å². The zero-order valence-corrected chi connectivity index (χ0v) is 7.85. The molecule has 1 unspecified atom stereocenters. The smallest absolute Gasteiger partial charge is 0.167 e. The van der Waals surface area contributed by atoms with Crippen LogP contribution in [0.5, 0.6) is 0 Å². The molecule has 0 amide bonds. The molecule has 68 valence electrons. The molecule has 2 N–H and O–H groups in total. The van der Waals surface area contributed by atoms with Gasteiger partial charge in [0, 0.05) is 6.54 Å². The van der Waals surface area contributed by atoms with Gasteiger partial charge in [-0.3, -0.25) is 0 Å². The third-order valence-corrected chi connectivity index (χ3v) is 1.09. The maximum absolute atomic E-state index is 9.13. The van der Waals surface area contributed by atoms with E-state index in [1.165, 1.54) is 0 Å². The van der Waals surface area contributed by atoms with E-state index in [-0.39, 0.29) is 5.41 Å². The van der Waals surface area contributed by atoms with E-state index in [4.69, 9.17) is 9.84 Å². The second-order valence-corrected chi connectivity index (χ2v) is 3.88. The average molecular weight is 161 g/mol. The lowest BCUT2D eigenvalue weighted by atomic mass is 9.99. The molecule has 11 heavy (non-hydrogen) atoms. The Bertz CT molecular complexity index is 98.8. The van der Waals surface area contributed by atoms with Crippen LogP contribution in [0.3, 0.4) is 0 Å². The van der Waals surface area contributed by atoms with Crippen LogP contribution >= 0.6 is 0 Å². The minimum atomic E-state index is -0.681. The molecule has 0 saturated heterocycles. The lowest BCUT2D eigenvalue weighted by Gasteiger charge is -2.20. The summed E-state index contributed by atoms with van der Waals surface area (Å²) in [4.78, 5) is 0. The van der Waals surface area contributed by atoms with Crippen molar-refractivity contribution in [3.05, 3.63) is 0 Å². The van der Waals surface area contributed by atoms with Crippen LogP contribution in [0.15, 0.2) is 0 Å². The fourth-order valence-electron chi connectivity index (χ4n) is 0.580. The van der Waals surface area contributed by atoms with E-state index in [2.05, 4.69) is 26.1 Å². The third-order valence-electron chi connectivity index (χ3n) is 1.09. The average Bonchev–Trinajstić information content (AvgIpc) is 1.83. The fourth-order valence-corrected chi connectivity index (χ4v) is 0.580. The van der Waals surface area contributed by atoms with Crippen LogP contribution < -0.4 is 5.32 Å². The standard InChI is InChI=1S/C8H19NO2/c1-8(2,3)6-11-7(10)5-9-4/h7,9-10H,5-6H2,1-4H3. The summed E-state index contributed by atoms with van der Waals surface area (Å²) in [6, 6.07) is 0. The van der Waals surface area contributed by atoms with Crippen LogP contribution in [-0.2, 0) is 4.74 Å². The highest BCUT2D eigenvalue weighted by molar-refractivity contribution is 4.59. The maximum atomic E-state index is 9.13. The molecule has 0 fully saturated rings. The summed E-state index contributed by atoms with van der Waals surface area (Å²) in [5.74, 6) is 0. The summed E-state index contributed by atoms with van der Waals surface area (Å²) in [7, 11) is 1.78. The first-order valence-electron chi connectivity index (χ1n) is 3.90. The first-order chi connectivity index (χ1) is 4.95. The van der Waals surface area contributed by atoms with E-state index in [1.54, 1.807) is 7.05 Å². The van der Waals surface area contributed by atoms with Crippen LogP contribution in [0, 0.1) is 5.41 Å². The molecule has 0 aromatic rings. The van der Waals surface area contributed by atoms with Gasteiger partial charge >= 0.3 is 0 Å². The first kappa shape index (κ1) is 10.9. The zero-order valence-electron chi connectivity index (χ0n) is 7.85. The second-order valence-electron chi connectivity index (χ2n) is 3.88. The predicted octanol–water partition coefficient (Wildman–Crippen LogP) is 0.587. The fraction of sp³-hybridized carbons (Fsp3) is 1.00. The third kappa shape index (κ3) is 7.78. The largest absolute Gasteiger partial charge is 0.367 e. The predicted molar refractivity (Wildman–Crippen MR) is 45.3 cm³/mol. The maximum Gasteiger partial charge on any atom is 0.167 e. The Balaban J connectivity index is 3.38. The van der Waals surface area contributed by atoms with Crippen molar-refractivity contribution in [2.24, 2.45) is 5.41 Å². The monoisotopic (exact) mass is 161 g/mol. The van der Waals surface area contributed by atoms with Gasteiger partial charge in [-0.2, -0.15) is 0 Å². The van der Waals surface area contributed by atoms with Crippen molar-refractivity contribution in [2.45, 2.75) is 27.1 Å². The van der Waals surface area contributed by atoms with E-state index in [0.29, 0.717) is 13.2 Å². The number of aliphatic hydroxyl groups is 1. The summed E-state index contributed by atoms with van der Waals surface area (Å²) < 4.78 is 5.14. The van der Waals surface area contributed by atoms with Crippen LogP contribution in [0.1, 0.15) is 20.8 Å². The molecule has 0 rings (SSSR count). The summed E-state index contributed by atoms with van der Waals surface area (Å²) in [5, 5.41) is 12.0. The summed E-state index contributed by atoms with van der Waals surface area (Å²) in [6.45, 7) is 7.27. The van der Waals surface area contributed by atoms with Gasteiger partial charge in [0.25, 0.3) is 0 Å². The topological polar surface area (TPSA) is 41.5 Å². The molecule has 0 saturated carbocycles. The molecule has 0 aliphatic rings. The van der Waals surface area contributed by atoms with Crippen molar-refractivity contribution in [3.63, 3.8) is 0 Å². The van der Waals surface area contributed by atoms with Gasteiger partial charge in [0.15, 0.2) is 6.29 Å². The Morgan fingerprint density at radius 1 is 1.45 bits per heavy atom. The van der Waals surface area contributed by atoms with Gasteiger partial charge in [-0.25, -0.2) is 0 Å². The number of nitrogens with one attached hydrogen (secondary N) is 1. The van der Waals surface area contributed by atoms with Gasteiger partial charge in [0.1, 0.15) is 0 Å². The number of aliphatic hydroxyl groups excluding tert-OH is 1. The van der Waals surface area contributed by atoms with Crippen molar-refractivity contribution in [3.8, 4) is 0 Å². The van der Waals surface area contributed by atoms with Gasteiger partial charge < -0.3 is 15.2 Å². The summed E-state index contributed by atoms with van der Waals surface area (Å²) >= 11 is 0. The van der Waals surface area contributed by atoms with Gasteiger partial charge in [-0.1, -0.05) is 20.8 Å². The molecule has 0 heterocycles. The lowest BCUT2D eigenvalue weighted by Crippen LogP contribution is -2.29. The Kier molecular flexibility index (Phi) is 4.65. The van der Waals surface area contributed by atoms with Gasteiger partial charge in [0.2, 0.25) is 0 Å². The Morgan fingerprint density at radius 3 is 2.36 bits per heavy atom. The van der Waals surface area contributed by atoms with Crippen LogP contribution in [0.4, 0.5) is 0 Å². The quantitative estimate of drug-likeness (QED) is 0.593. The van der Waals surface area contributed by atoms with E-state index >= 15 is 0 Å². The van der Waals surface area contributed by atoms with Gasteiger partial charge in [0.05, 0.1) is 6.61 Å². The molecule has 3 nitrogen and oxygen atoms in total. The number of hydrogen-bond acceptors (Lipinski definition) is 3. The Labute approximate surface area is 68.8 Å². The highest BCUT2D eigenvalue weighted by Gasteiger charge is 2.12. The van der Waals surface area contributed by atoms with Crippen LogP contribution in [0.25, 0.3) is 0 Å². The molecular formula is C8H19NO2. The van der Waals surface area contributed by atoms with Crippen molar-refractivity contribution < 1.29 is 9.84 Å². The molecule has 0 aliphatic heterocycles. The summed E-state index contributed by atoms with van der Waals surface area (Å²) in [5.41, 5.74) is 0.120. The van der Waals surface area contributed by atoms with Crippen molar-refractivity contribution in [1.29, 1.82) is 0 Å². The zero-order chi connectivity index (χ0) is 8.91. The van der Waals surface area contributed by atoms with E-state index in [1.807, 2.05) is 0 Å². The Hall–Kier alpha value is -0.120. The highest BCUT2D eigenvalue weighted by atomic mass is 16.6. The van der Waals surface area contributed by atoms with Crippen LogP contribution in [0.2, 0.25) is 0 Å². The molecule has 0 bridgehead atoms. The lowest BCUT2D eigenvalue weighted by molar-refractivity contribution is -0.115. The van der Waals surface area contributed by atoms with Gasteiger partial charge in [-0.15, -0.1) is 0 Å². The summed E-state index contributed by atoms with van der Waals surface area (Å²) in [6.07, 6.45) is -0.681. The van der Waals surface area contributed by atoms with E-state index < -0.39 is 6.29 Å². The minimum absolute atomic E-state index is 0.120. The van der Waals surface area contributed by atoms with E-state index in [0.717, 1.165) is 0 Å². The molecule has 0 spiro atoms. The van der Waals surface area contributed by atoms with Crippen molar-refractivity contribution in [1.82, 2.24) is 5.32 Å². The number of ether oxygens (including phenoxy) is 1. The molecular weight excluding hydrogens is 142 g/mol. The molecule has 0 aromatic carbocycles. The molecule has 3 heteroatoms. The van der Waals surface area contributed by atoms with Crippen LogP contribution in [-0.4, -0.2) is 31.6 Å². The number of likely N-dealkylation sites (N-methyl/N-ethyl adjacent to an activating group) is 1. The molecule has 1 atom stereocenters. The first-order valence-corrected chi connectivity index (χ1v) is 3.90. The molecule has 0 radical (unpaired) electrons. The molecule has 0 aliphatic carbocycles. The number of rotatable bonds is 4. The van der Waals surface area contributed by atoms with Gasteiger partial charge in [-0.05, 0) is 12.5 Å². The normalized spacial score (nSPS) is 15.0. The molecule has 0 aromatic heterocycles. The Morgan fingerprint density at radius 2 is 2.00 bits per heavy atom. The highest BCUT2D eigenvalue weighted by Crippen LogP contribution is 2.13. The SMILES string of the molecule is CNCC(O)OCC(C)(C)C. The second kappa shape index (κ2) is 4.70. The minimum Gasteiger partial charge on any atom is -0.367 e.